The maximum atomic E-state index is 12.2. The summed E-state index contributed by atoms with van der Waals surface area (Å²) in [6.07, 6.45) is 0. The van der Waals surface area contributed by atoms with Crippen LogP contribution in [0.15, 0.2) is 24.3 Å². The van der Waals surface area contributed by atoms with Crippen LogP contribution in [-0.4, -0.2) is 67.4 Å². The fourth-order valence-corrected chi connectivity index (χ4v) is 3.03. The van der Waals surface area contributed by atoms with Crippen LogP contribution in [0.2, 0.25) is 0 Å². The molecule has 1 aliphatic rings. The van der Waals surface area contributed by atoms with E-state index in [1.165, 1.54) is 0 Å². The number of nitrogens with one attached hydrogen (secondary N) is 1. The van der Waals surface area contributed by atoms with Gasteiger partial charge in [0.25, 0.3) is 0 Å². The molecular formula is C17H22F3N3O3S. The molecule has 1 N–H and O–H groups in total. The number of benzene rings is 1. The lowest BCUT2D eigenvalue weighted by molar-refractivity contribution is -0.132. The first kappa shape index (κ1) is 21.4. The van der Waals surface area contributed by atoms with Crippen molar-refractivity contribution in [2.45, 2.75) is 12.4 Å². The van der Waals surface area contributed by atoms with Gasteiger partial charge >= 0.3 is 5.51 Å². The molecule has 0 unspecified atom stereocenters. The molecule has 2 amide bonds. The normalized spacial score (nSPS) is 14.7. The highest BCUT2D eigenvalue weighted by Crippen LogP contribution is 2.30. The third-order valence-electron chi connectivity index (χ3n) is 3.96. The van der Waals surface area contributed by atoms with Gasteiger partial charge in [0.05, 0.1) is 25.5 Å². The first-order valence-electron chi connectivity index (χ1n) is 8.49. The average molecular weight is 405 g/mol. The van der Waals surface area contributed by atoms with Gasteiger partial charge in [-0.25, -0.2) is 0 Å². The summed E-state index contributed by atoms with van der Waals surface area (Å²) in [7, 11) is 0. The Morgan fingerprint density at radius 2 is 1.85 bits per heavy atom. The van der Waals surface area contributed by atoms with E-state index in [1.807, 2.05) is 12.1 Å². The minimum absolute atomic E-state index is 0.153. The molecule has 150 valence electrons. The van der Waals surface area contributed by atoms with Crippen molar-refractivity contribution in [3.8, 4) is 0 Å². The van der Waals surface area contributed by atoms with Crippen LogP contribution >= 0.6 is 11.8 Å². The Kier molecular flexibility index (Phi) is 7.78. The molecule has 2 rings (SSSR count). The zero-order valence-electron chi connectivity index (χ0n) is 14.9. The second-order valence-electron chi connectivity index (χ2n) is 5.84. The molecule has 0 bridgehead atoms. The molecule has 0 radical (unpaired) electrons. The lowest BCUT2D eigenvalue weighted by Crippen LogP contribution is -2.39. The number of rotatable bonds is 7. The number of morpholine rings is 1. The number of halogens is 3. The monoisotopic (exact) mass is 405 g/mol. The predicted molar refractivity (Wildman–Crippen MR) is 98.9 cm³/mol. The van der Waals surface area contributed by atoms with Gasteiger partial charge in [-0.15, -0.1) is 0 Å². The third-order valence-corrected chi connectivity index (χ3v) is 4.67. The van der Waals surface area contributed by atoms with Gasteiger partial charge in [-0.2, -0.15) is 13.2 Å². The molecule has 1 heterocycles. The van der Waals surface area contributed by atoms with E-state index in [-0.39, 0.29) is 13.1 Å². The summed E-state index contributed by atoms with van der Waals surface area (Å²) in [5, 5.41) is 2.66. The molecule has 0 aromatic heterocycles. The van der Waals surface area contributed by atoms with E-state index in [1.54, 1.807) is 19.1 Å². The molecular weight excluding hydrogens is 383 g/mol. The van der Waals surface area contributed by atoms with Gasteiger partial charge in [0.2, 0.25) is 11.8 Å². The van der Waals surface area contributed by atoms with Crippen LogP contribution in [0.25, 0.3) is 0 Å². The summed E-state index contributed by atoms with van der Waals surface area (Å²) in [5.41, 5.74) is -2.89. The molecule has 10 heteroatoms. The van der Waals surface area contributed by atoms with Gasteiger partial charge in [0.1, 0.15) is 0 Å². The molecule has 1 aromatic carbocycles. The lowest BCUT2D eigenvalue weighted by Gasteiger charge is -2.29. The van der Waals surface area contributed by atoms with Gasteiger partial charge in [-0.05, 0) is 43.0 Å². The van der Waals surface area contributed by atoms with Crippen molar-refractivity contribution >= 4 is 35.0 Å². The molecule has 0 spiro atoms. The zero-order chi connectivity index (χ0) is 19.9. The molecule has 1 aromatic rings. The molecule has 0 saturated carbocycles. The van der Waals surface area contributed by atoms with Gasteiger partial charge in [0.15, 0.2) is 0 Å². The molecule has 27 heavy (non-hydrogen) atoms. The number of ether oxygens (including phenoxy) is 1. The Morgan fingerprint density at radius 1 is 1.22 bits per heavy atom. The number of carbonyl (C=O) groups is 2. The standard InChI is InChI=1S/C17H22F3N3O3S/c1-2-22(16(25)12-27-17(18,19)20)11-15(24)21-13-3-5-14(6-4-13)23-7-9-26-10-8-23/h3-6H,2,7-12H2,1H3,(H,21,24). The van der Waals surface area contributed by atoms with E-state index in [2.05, 4.69) is 10.2 Å². The van der Waals surface area contributed by atoms with E-state index in [0.717, 1.165) is 23.7 Å². The summed E-state index contributed by atoms with van der Waals surface area (Å²) >= 11 is -0.405. The maximum Gasteiger partial charge on any atom is 0.442 e. The lowest BCUT2D eigenvalue weighted by atomic mass is 10.2. The Balaban J connectivity index is 1.85. The Labute approximate surface area is 160 Å². The molecule has 1 aliphatic heterocycles. The highest BCUT2D eigenvalue weighted by atomic mass is 32.2. The smallest absolute Gasteiger partial charge is 0.378 e. The fraction of sp³-hybridized carbons (Fsp3) is 0.529. The number of nitrogens with zero attached hydrogens (tertiary/aromatic N) is 2. The molecule has 1 fully saturated rings. The van der Waals surface area contributed by atoms with Gasteiger partial charge < -0.3 is 19.9 Å². The van der Waals surface area contributed by atoms with Crippen LogP contribution in [0.1, 0.15) is 6.92 Å². The van der Waals surface area contributed by atoms with E-state index in [9.17, 15) is 22.8 Å². The number of likely N-dealkylation sites (N-methyl/N-ethyl adjacent to an activating group) is 1. The van der Waals surface area contributed by atoms with E-state index >= 15 is 0 Å². The first-order valence-corrected chi connectivity index (χ1v) is 9.48. The topological polar surface area (TPSA) is 61.9 Å². The minimum atomic E-state index is -4.47. The minimum Gasteiger partial charge on any atom is -0.378 e. The second kappa shape index (κ2) is 9.84. The molecule has 0 aliphatic carbocycles. The van der Waals surface area contributed by atoms with Gasteiger partial charge in [-0.1, -0.05) is 0 Å². The Hall–Kier alpha value is -1.94. The van der Waals surface area contributed by atoms with Crippen LogP contribution in [0.5, 0.6) is 0 Å². The van der Waals surface area contributed by atoms with Crippen LogP contribution in [-0.2, 0) is 14.3 Å². The van der Waals surface area contributed by atoms with Crippen molar-refractivity contribution < 1.29 is 27.5 Å². The number of alkyl halides is 3. The third kappa shape index (κ3) is 7.30. The summed E-state index contributed by atoms with van der Waals surface area (Å²) in [6, 6.07) is 7.26. The van der Waals surface area contributed by atoms with Gasteiger partial charge in [0, 0.05) is 31.0 Å². The number of amides is 2. The summed E-state index contributed by atoms with van der Waals surface area (Å²) in [6.45, 7) is 4.42. The Morgan fingerprint density at radius 3 is 2.41 bits per heavy atom. The average Bonchev–Trinajstić information content (AvgIpc) is 2.65. The van der Waals surface area contributed by atoms with Crippen molar-refractivity contribution in [3.63, 3.8) is 0 Å². The molecule has 0 atom stereocenters. The highest BCUT2D eigenvalue weighted by Gasteiger charge is 2.30. The largest absolute Gasteiger partial charge is 0.442 e. The van der Waals surface area contributed by atoms with E-state index in [4.69, 9.17) is 4.74 Å². The maximum absolute atomic E-state index is 12.2. The van der Waals surface area contributed by atoms with E-state index < -0.39 is 34.8 Å². The number of anilines is 2. The number of hydrogen-bond donors (Lipinski definition) is 1. The highest BCUT2D eigenvalue weighted by molar-refractivity contribution is 8.00. The molecule has 6 nitrogen and oxygen atoms in total. The predicted octanol–water partition coefficient (Wildman–Crippen LogP) is 2.56. The van der Waals surface area contributed by atoms with Crippen LogP contribution < -0.4 is 10.2 Å². The first-order chi connectivity index (χ1) is 12.8. The van der Waals surface area contributed by atoms with Crippen molar-refractivity contribution in [2.75, 3.05) is 55.4 Å². The second-order valence-corrected chi connectivity index (χ2v) is 6.88. The van der Waals surface area contributed by atoms with Crippen molar-refractivity contribution in [1.82, 2.24) is 4.90 Å². The molecule has 1 saturated heterocycles. The van der Waals surface area contributed by atoms with Crippen molar-refractivity contribution in [1.29, 1.82) is 0 Å². The summed E-state index contributed by atoms with van der Waals surface area (Å²) in [4.78, 5) is 27.2. The zero-order valence-corrected chi connectivity index (χ0v) is 15.7. The SMILES string of the molecule is CCN(CC(=O)Nc1ccc(N2CCOCC2)cc1)C(=O)CSC(F)(F)F. The Bertz CT molecular complexity index is 635. The van der Waals surface area contributed by atoms with Crippen molar-refractivity contribution in [3.05, 3.63) is 24.3 Å². The fourth-order valence-electron chi connectivity index (χ4n) is 2.56. The summed E-state index contributed by atoms with van der Waals surface area (Å²) in [5.74, 6) is -1.92. The number of hydrogen-bond acceptors (Lipinski definition) is 5. The quantitative estimate of drug-likeness (QED) is 0.756. The van der Waals surface area contributed by atoms with E-state index in [0.29, 0.717) is 18.9 Å². The van der Waals surface area contributed by atoms with Crippen LogP contribution in [0, 0.1) is 0 Å². The van der Waals surface area contributed by atoms with Crippen LogP contribution in [0.4, 0.5) is 24.5 Å². The summed E-state index contributed by atoms with van der Waals surface area (Å²) < 4.78 is 41.9. The van der Waals surface area contributed by atoms with Crippen molar-refractivity contribution in [2.24, 2.45) is 0 Å². The number of carbonyl (C=O) groups excluding carboxylic acids is 2. The van der Waals surface area contributed by atoms with Crippen LogP contribution in [0.3, 0.4) is 0 Å². The van der Waals surface area contributed by atoms with Gasteiger partial charge in [-0.3, -0.25) is 9.59 Å². The number of thioether (sulfide) groups is 1.